The maximum atomic E-state index is 13.1. The van der Waals surface area contributed by atoms with Crippen LogP contribution in [0.4, 0.5) is 22.7 Å². The summed E-state index contributed by atoms with van der Waals surface area (Å²) in [6.45, 7) is 0.640. The molecule has 1 fully saturated rings. The minimum absolute atomic E-state index is 0.00897. The average Bonchev–Trinajstić information content (AvgIpc) is 3.20. The topological polar surface area (TPSA) is 199 Å². The van der Waals surface area contributed by atoms with Gasteiger partial charge in [-0.2, -0.15) is 4.31 Å². The molecule has 0 bridgehead atoms. The summed E-state index contributed by atoms with van der Waals surface area (Å²) in [6, 6.07) is 11.7. The van der Waals surface area contributed by atoms with Crippen molar-refractivity contribution in [2.45, 2.75) is 40.4 Å². The number of anilines is 3. The first-order chi connectivity index (χ1) is 19.2. The highest BCUT2D eigenvalue weighted by atomic mass is 35.5. The molecule has 0 saturated carbocycles. The predicted octanol–water partition coefficient (Wildman–Crippen LogP) is 3.81. The summed E-state index contributed by atoms with van der Waals surface area (Å²) < 4.78 is 80.6. The third kappa shape index (κ3) is 6.97. The molecule has 0 aromatic heterocycles. The predicted molar refractivity (Wildman–Crippen MR) is 153 cm³/mol. The Morgan fingerprint density at radius 2 is 1.41 bits per heavy atom. The van der Waals surface area contributed by atoms with Gasteiger partial charge in [-0.05, 0) is 67.4 Å². The van der Waals surface area contributed by atoms with Gasteiger partial charge in [0.05, 0.1) is 20.4 Å². The summed E-state index contributed by atoms with van der Waals surface area (Å²) in [6.07, 6.45) is 3.19. The van der Waals surface area contributed by atoms with E-state index in [1.54, 1.807) is 4.13 Å². The van der Waals surface area contributed by atoms with E-state index in [0.29, 0.717) is 25.9 Å². The molecule has 4 rings (SSSR count). The molecule has 0 unspecified atom stereocenters. The maximum Gasteiger partial charge on any atom is 0.294 e. The Morgan fingerprint density at radius 1 is 0.805 bits per heavy atom. The number of nitrogens with one attached hydrogen (secondary N) is 2. The van der Waals surface area contributed by atoms with Crippen LogP contribution in [0, 0.1) is 10.1 Å². The summed E-state index contributed by atoms with van der Waals surface area (Å²) in [4.78, 5) is 9.90. The summed E-state index contributed by atoms with van der Waals surface area (Å²) in [5, 5.41) is 14.8. The number of nitrogen functional groups attached to an aromatic ring is 1. The van der Waals surface area contributed by atoms with Crippen LogP contribution in [-0.4, -0.2) is 47.6 Å². The normalized spacial score (nSPS) is 15.2. The van der Waals surface area contributed by atoms with Gasteiger partial charge in [-0.15, -0.1) is 4.13 Å². The van der Waals surface area contributed by atoms with E-state index in [-0.39, 0.29) is 31.9 Å². The lowest BCUT2D eigenvalue weighted by molar-refractivity contribution is -0.384. The van der Waals surface area contributed by atoms with E-state index >= 15 is 0 Å². The molecule has 41 heavy (non-hydrogen) atoms. The third-order valence-corrected chi connectivity index (χ3v) is 12.0. The Hall–Kier alpha value is -3.28. The molecule has 0 atom stereocenters. The number of benzene rings is 3. The van der Waals surface area contributed by atoms with E-state index in [4.69, 9.17) is 17.3 Å². The lowest BCUT2D eigenvalue weighted by atomic mass is 10.2. The Morgan fingerprint density at radius 3 is 2.02 bits per heavy atom. The lowest BCUT2D eigenvalue weighted by Crippen LogP contribution is -2.32. The highest BCUT2D eigenvalue weighted by Crippen LogP contribution is 2.33. The molecule has 0 amide bonds. The Kier molecular flexibility index (Phi) is 8.91. The Labute approximate surface area is 242 Å². The third-order valence-electron chi connectivity index (χ3n) is 6.29. The Balaban J connectivity index is 1.64. The van der Waals surface area contributed by atoms with E-state index in [9.17, 15) is 35.4 Å². The molecule has 17 heteroatoms. The Bertz CT molecular complexity index is 1790. The van der Waals surface area contributed by atoms with Crippen molar-refractivity contribution in [3.05, 3.63) is 75.8 Å². The number of nitrogens with zero attached hydrogens (tertiary/aromatic N) is 2. The standard InChI is InChI=1S/C24H26ClN5O8S3/c25-17-5-8-19(9-6-17)39(33,34)28-40(35,36)24-15-18(7-11-21(24)26)27-22-12-10-20(16-23(22)30(31)32)41(37,38)29-13-3-1-2-4-14-29/h5-12,15-16,27-28H,1-4,13-14,26H2. The zero-order valence-corrected chi connectivity index (χ0v) is 24.6. The fraction of sp³-hybridized carbons (Fsp3) is 0.250. The largest absolute Gasteiger partial charge is 0.398 e. The second kappa shape index (κ2) is 11.9. The summed E-state index contributed by atoms with van der Waals surface area (Å²) in [5.41, 5.74) is 4.87. The van der Waals surface area contributed by atoms with Gasteiger partial charge < -0.3 is 11.1 Å². The van der Waals surface area contributed by atoms with E-state index in [1.807, 2.05) is 0 Å². The number of hydrogen-bond donors (Lipinski definition) is 3. The highest BCUT2D eigenvalue weighted by molar-refractivity contribution is 8.04. The number of hydrogen-bond acceptors (Lipinski definition) is 10. The number of halogens is 1. The van der Waals surface area contributed by atoms with E-state index in [2.05, 4.69) is 5.32 Å². The molecule has 4 N–H and O–H groups in total. The number of nitrogens with two attached hydrogens (primary N) is 1. The molecule has 1 saturated heterocycles. The van der Waals surface area contributed by atoms with Crippen LogP contribution in [0.15, 0.2) is 75.4 Å². The SMILES string of the molecule is Nc1ccc(Nc2ccc(S(=O)(=O)N3CCCCCC3)cc2[N+](=O)[O-])cc1S(=O)(=O)NS(=O)(=O)c1ccc(Cl)cc1. The van der Waals surface area contributed by atoms with Crippen LogP contribution >= 0.6 is 11.6 Å². The number of rotatable bonds is 9. The van der Waals surface area contributed by atoms with Crippen molar-refractivity contribution in [2.24, 2.45) is 0 Å². The van der Waals surface area contributed by atoms with Gasteiger partial charge in [-0.25, -0.2) is 25.3 Å². The van der Waals surface area contributed by atoms with Gasteiger partial charge in [-0.3, -0.25) is 10.1 Å². The molecule has 220 valence electrons. The number of nitro groups is 1. The quantitative estimate of drug-likeness (QED) is 0.175. The van der Waals surface area contributed by atoms with Crippen LogP contribution in [0.5, 0.6) is 0 Å². The first-order valence-electron chi connectivity index (χ1n) is 12.2. The zero-order chi connectivity index (χ0) is 30.0. The fourth-order valence-electron chi connectivity index (χ4n) is 4.21. The van der Waals surface area contributed by atoms with Crippen molar-refractivity contribution in [1.29, 1.82) is 0 Å². The second-order valence-electron chi connectivity index (χ2n) is 9.18. The molecule has 13 nitrogen and oxygen atoms in total. The van der Waals surface area contributed by atoms with Crippen molar-refractivity contribution >= 4 is 64.4 Å². The molecular formula is C24H26ClN5O8S3. The van der Waals surface area contributed by atoms with Gasteiger partial charge in [-0.1, -0.05) is 24.4 Å². The van der Waals surface area contributed by atoms with Crippen LogP contribution in [0.25, 0.3) is 0 Å². The number of nitro benzene ring substituents is 1. The van der Waals surface area contributed by atoms with Crippen molar-refractivity contribution in [2.75, 3.05) is 24.1 Å². The average molecular weight is 644 g/mol. The van der Waals surface area contributed by atoms with Crippen LogP contribution in [0.2, 0.25) is 5.02 Å². The lowest BCUT2D eigenvalue weighted by Gasteiger charge is -2.20. The van der Waals surface area contributed by atoms with Crippen molar-refractivity contribution < 1.29 is 30.2 Å². The molecule has 3 aromatic carbocycles. The first kappa shape index (κ1) is 30.7. The van der Waals surface area contributed by atoms with E-state index < -0.39 is 45.6 Å². The summed E-state index contributed by atoms with van der Waals surface area (Å²) >= 11 is 5.77. The van der Waals surface area contributed by atoms with Crippen LogP contribution < -0.4 is 15.2 Å². The van der Waals surface area contributed by atoms with Crippen LogP contribution in [-0.2, 0) is 30.1 Å². The first-order valence-corrected chi connectivity index (χ1v) is 17.0. The van der Waals surface area contributed by atoms with Gasteiger partial charge >= 0.3 is 0 Å². The summed E-state index contributed by atoms with van der Waals surface area (Å²) in [7, 11) is -13.3. The molecule has 1 aliphatic heterocycles. The molecule has 3 aromatic rings. The van der Waals surface area contributed by atoms with E-state index in [0.717, 1.165) is 37.1 Å². The minimum atomic E-state index is -4.74. The van der Waals surface area contributed by atoms with Gasteiger partial charge in [0.2, 0.25) is 10.0 Å². The van der Waals surface area contributed by atoms with Gasteiger partial charge in [0.25, 0.3) is 25.7 Å². The molecule has 0 spiro atoms. The molecular weight excluding hydrogens is 618 g/mol. The van der Waals surface area contributed by atoms with Crippen LogP contribution in [0.3, 0.4) is 0 Å². The molecule has 0 radical (unpaired) electrons. The zero-order valence-electron chi connectivity index (χ0n) is 21.4. The second-order valence-corrected chi connectivity index (χ2v) is 15.1. The molecule has 1 heterocycles. The minimum Gasteiger partial charge on any atom is -0.398 e. The van der Waals surface area contributed by atoms with Crippen molar-refractivity contribution in [3.63, 3.8) is 0 Å². The smallest absolute Gasteiger partial charge is 0.294 e. The highest BCUT2D eigenvalue weighted by Gasteiger charge is 2.29. The van der Waals surface area contributed by atoms with Gasteiger partial charge in [0.1, 0.15) is 10.6 Å². The molecule has 0 aliphatic carbocycles. The van der Waals surface area contributed by atoms with Crippen molar-refractivity contribution in [1.82, 2.24) is 8.43 Å². The van der Waals surface area contributed by atoms with Gasteiger partial charge in [0.15, 0.2) is 0 Å². The van der Waals surface area contributed by atoms with Crippen molar-refractivity contribution in [3.8, 4) is 0 Å². The monoisotopic (exact) mass is 643 g/mol. The number of sulfonamides is 3. The fourth-order valence-corrected chi connectivity index (χ4v) is 8.93. The van der Waals surface area contributed by atoms with Crippen LogP contribution in [0.1, 0.15) is 25.7 Å². The van der Waals surface area contributed by atoms with Gasteiger partial charge in [0, 0.05) is 29.9 Å². The maximum absolute atomic E-state index is 13.1. The van der Waals surface area contributed by atoms with E-state index in [1.165, 1.54) is 40.7 Å². The molecule has 1 aliphatic rings. The summed E-state index contributed by atoms with van der Waals surface area (Å²) in [5.74, 6) is 0.